The van der Waals surface area contributed by atoms with Gasteiger partial charge in [0.1, 0.15) is 6.04 Å². The van der Waals surface area contributed by atoms with Gasteiger partial charge < -0.3 is 15.3 Å². The van der Waals surface area contributed by atoms with Crippen molar-refractivity contribution in [1.29, 1.82) is 0 Å². The van der Waals surface area contributed by atoms with E-state index in [0.29, 0.717) is 6.54 Å². The first kappa shape index (κ1) is 13.0. The van der Waals surface area contributed by atoms with Crippen molar-refractivity contribution < 1.29 is 9.90 Å². The van der Waals surface area contributed by atoms with Gasteiger partial charge in [0.05, 0.1) is 0 Å². The minimum Gasteiger partial charge on any atom is -0.480 e. The SMILES string of the molecule is CNC(CN(C)c1cccc(Br)c1)C(=O)O. The molecule has 0 bridgehead atoms. The Morgan fingerprint density at radius 1 is 1.62 bits per heavy atom. The predicted octanol–water partition coefficient (Wildman–Crippen LogP) is 1.56. The highest BCUT2D eigenvalue weighted by Crippen LogP contribution is 2.18. The lowest BCUT2D eigenvalue weighted by atomic mass is 10.2. The minimum atomic E-state index is -0.843. The van der Waals surface area contributed by atoms with E-state index in [1.807, 2.05) is 36.2 Å². The Hall–Kier alpha value is -1.07. The van der Waals surface area contributed by atoms with E-state index >= 15 is 0 Å². The zero-order chi connectivity index (χ0) is 12.1. The van der Waals surface area contributed by atoms with Crippen molar-refractivity contribution in [3.63, 3.8) is 0 Å². The number of carbonyl (C=O) groups is 1. The first-order valence-corrected chi connectivity index (χ1v) is 5.70. The number of aliphatic carboxylic acids is 1. The Bertz CT molecular complexity index is 371. The Balaban J connectivity index is 2.71. The number of likely N-dealkylation sites (N-methyl/N-ethyl adjacent to an activating group) is 2. The highest BCUT2D eigenvalue weighted by Gasteiger charge is 2.17. The fraction of sp³-hybridized carbons (Fsp3) is 0.364. The summed E-state index contributed by atoms with van der Waals surface area (Å²) in [5.74, 6) is -0.843. The van der Waals surface area contributed by atoms with Crippen LogP contribution in [0.4, 0.5) is 5.69 Å². The Kier molecular flexibility index (Phi) is 4.76. The average molecular weight is 287 g/mol. The molecule has 16 heavy (non-hydrogen) atoms. The second-order valence-corrected chi connectivity index (χ2v) is 4.46. The highest BCUT2D eigenvalue weighted by atomic mass is 79.9. The lowest BCUT2D eigenvalue weighted by Crippen LogP contribution is -2.43. The molecule has 1 atom stereocenters. The van der Waals surface area contributed by atoms with Crippen LogP contribution in [-0.2, 0) is 4.79 Å². The number of rotatable bonds is 5. The maximum Gasteiger partial charge on any atom is 0.322 e. The third-order valence-corrected chi connectivity index (χ3v) is 2.85. The molecule has 1 aromatic carbocycles. The number of benzene rings is 1. The summed E-state index contributed by atoms with van der Waals surface area (Å²) in [7, 11) is 3.52. The molecule has 0 spiro atoms. The molecule has 1 rings (SSSR count). The third kappa shape index (κ3) is 3.50. The van der Waals surface area contributed by atoms with E-state index in [4.69, 9.17) is 5.11 Å². The number of carboxylic acid groups (broad SMARTS) is 1. The van der Waals surface area contributed by atoms with Crippen molar-refractivity contribution in [2.75, 3.05) is 25.5 Å². The summed E-state index contributed by atoms with van der Waals surface area (Å²) >= 11 is 3.38. The molecule has 0 saturated carbocycles. The summed E-state index contributed by atoms with van der Waals surface area (Å²) in [6.45, 7) is 0.419. The summed E-state index contributed by atoms with van der Waals surface area (Å²) in [5, 5.41) is 11.7. The van der Waals surface area contributed by atoms with Gasteiger partial charge in [-0.25, -0.2) is 0 Å². The second kappa shape index (κ2) is 5.86. The zero-order valence-electron chi connectivity index (χ0n) is 9.27. The van der Waals surface area contributed by atoms with Crippen molar-refractivity contribution >= 4 is 27.6 Å². The number of hydrogen-bond donors (Lipinski definition) is 2. The van der Waals surface area contributed by atoms with Gasteiger partial charge in [-0.3, -0.25) is 4.79 Å². The Labute approximate surface area is 103 Å². The van der Waals surface area contributed by atoms with Crippen LogP contribution in [0.3, 0.4) is 0 Å². The third-order valence-electron chi connectivity index (χ3n) is 2.35. The van der Waals surface area contributed by atoms with Gasteiger partial charge in [0.2, 0.25) is 0 Å². The molecule has 0 aliphatic carbocycles. The summed E-state index contributed by atoms with van der Waals surface area (Å²) < 4.78 is 0.980. The molecule has 0 aliphatic heterocycles. The van der Waals surface area contributed by atoms with E-state index in [-0.39, 0.29) is 0 Å². The van der Waals surface area contributed by atoms with Crippen LogP contribution in [0.15, 0.2) is 28.7 Å². The maximum atomic E-state index is 10.9. The monoisotopic (exact) mass is 286 g/mol. The van der Waals surface area contributed by atoms with E-state index < -0.39 is 12.0 Å². The Morgan fingerprint density at radius 3 is 2.81 bits per heavy atom. The van der Waals surface area contributed by atoms with Gasteiger partial charge in [0.25, 0.3) is 0 Å². The van der Waals surface area contributed by atoms with Gasteiger partial charge in [0, 0.05) is 23.8 Å². The van der Waals surface area contributed by atoms with Crippen LogP contribution in [0, 0.1) is 0 Å². The van der Waals surface area contributed by atoms with Crippen LogP contribution in [0.5, 0.6) is 0 Å². The lowest BCUT2D eigenvalue weighted by Gasteiger charge is -2.23. The lowest BCUT2D eigenvalue weighted by molar-refractivity contribution is -0.139. The number of nitrogens with zero attached hydrogens (tertiary/aromatic N) is 1. The Morgan fingerprint density at radius 2 is 2.31 bits per heavy atom. The number of nitrogens with one attached hydrogen (secondary N) is 1. The van der Waals surface area contributed by atoms with Gasteiger partial charge in [-0.05, 0) is 25.2 Å². The maximum absolute atomic E-state index is 10.9. The molecule has 0 aliphatic rings. The predicted molar refractivity (Wildman–Crippen MR) is 67.9 cm³/mol. The van der Waals surface area contributed by atoms with Crippen molar-refractivity contribution in [2.45, 2.75) is 6.04 Å². The zero-order valence-corrected chi connectivity index (χ0v) is 10.9. The first-order chi connectivity index (χ1) is 7.54. The van der Waals surface area contributed by atoms with Gasteiger partial charge in [-0.2, -0.15) is 0 Å². The van der Waals surface area contributed by atoms with Crippen LogP contribution < -0.4 is 10.2 Å². The van der Waals surface area contributed by atoms with E-state index in [2.05, 4.69) is 21.2 Å². The fourth-order valence-electron chi connectivity index (χ4n) is 1.39. The molecule has 1 aromatic rings. The highest BCUT2D eigenvalue weighted by molar-refractivity contribution is 9.10. The largest absolute Gasteiger partial charge is 0.480 e. The molecule has 0 aromatic heterocycles. The molecule has 88 valence electrons. The smallest absolute Gasteiger partial charge is 0.322 e. The van der Waals surface area contributed by atoms with Crippen LogP contribution in [0.1, 0.15) is 0 Å². The quantitative estimate of drug-likeness (QED) is 0.863. The van der Waals surface area contributed by atoms with Crippen molar-refractivity contribution in [1.82, 2.24) is 5.32 Å². The van der Waals surface area contributed by atoms with Crippen molar-refractivity contribution in [3.05, 3.63) is 28.7 Å². The van der Waals surface area contributed by atoms with Gasteiger partial charge in [0.15, 0.2) is 0 Å². The van der Waals surface area contributed by atoms with Crippen molar-refractivity contribution in [3.8, 4) is 0 Å². The molecule has 1 unspecified atom stereocenters. The van der Waals surface area contributed by atoms with Crippen LogP contribution in [0.2, 0.25) is 0 Å². The summed E-state index contributed by atoms with van der Waals surface area (Å²) in [5.41, 5.74) is 0.982. The molecule has 0 heterocycles. The van der Waals surface area contributed by atoms with Crippen LogP contribution in [-0.4, -0.2) is 37.8 Å². The average Bonchev–Trinajstić information content (AvgIpc) is 2.25. The second-order valence-electron chi connectivity index (χ2n) is 3.54. The fourth-order valence-corrected chi connectivity index (χ4v) is 1.77. The molecule has 4 nitrogen and oxygen atoms in total. The number of halogens is 1. The number of hydrogen-bond acceptors (Lipinski definition) is 3. The summed E-state index contributed by atoms with van der Waals surface area (Å²) in [6.07, 6.45) is 0. The van der Waals surface area contributed by atoms with Gasteiger partial charge in [-0.15, -0.1) is 0 Å². The molecular weight excluding hydrogens is 272 g/mol. The van der Waals surface area contributed by atoms with E-state index in [9.17, 15) is 4.79 Å². The molecule has 0 amide bonds. The van der Waals surface area contributed by atoms with E-state index in [1.165, 1.54) is 0 Å². The minimum absolute atomic E-state index is 0.419. The molecule has 0 radical (unpaired) electrons. The van der Waals surface area contributed by atoms with Gasteiger partial charge in [-0.1, -0.05) is 22.0 Å². The normalized spacial score (nSPS) is 12.2. The molecule has 0 saturated heterocycles. The van der Waals surface area contributed by atoms with Crippen LogP contribution in [0.25, 0.3) is 0 Å². The number of carboxylic acids is 1. The molecule has 5 heteroatoms. The first-order valence-electron chi connectivity index (χ1n) is 4.91. The molecule has 0 fully saturated rings. The topological polar surface area (TPSA) is 52.6 Å². The van der Waals surface area contributed by atoms with Crippen LogP contribution >= 0.6 is 15.9 Å². The summed E-state index contributed by atoms with van der Waals surface area (Å²) in [6, 6.07) is 7.19. The van der Waals surface area contributed by atoms with E-state index in [0.717, 1.165) is 10.2 Å². The molecule has 2 N–H and O–H groups in total. The van der Waals surface area contributed by atoms with E-state index in [1.54, 1.807) is 7.05 Å². The number of anilines is 1. The van der Waals surface area contributed by atoms with Crippen molar-refractivity contribution in [2.24, 2.45) is 0 Å². The molecular formula is C11H15BrN2O2. The summed E-state index contributed by atoms with van der Waals surface area (Å²) in [4.78, 5) is 12.8. The van der Waals surface area contributed by atoms with Gasteiger partial charge >= 0.3 is 5.97 Å². The standard InChI is InChI=1S/C11H15BrN2O2/c1-13-10(11(15)16)7-14(2)9-5-3-4-8(12)6-9/h3-6,10,13H,7H2,1-2H3,(H,15,16).